The summed E-state index contributed by atoms with van der Waals surface area (Å²) in [6.45, 7) is 8.27. The molecule has 5 nitrogen and oxygen atoms in total. The van der Waals surface area contributed by atoms with Crippen molar-refractivity contribution in [3.63, 3.8) is 0 Å². The van der Waals surface area contributed by atoms with Gasteiger partial charge in [0.05, 0.1) is 6.10 Å². The molecule has 0 aromatic carbocycles. The third kappa shape index (κ3) is 7.70. The minimum atomic E-state index is -0.441. The van der Waals surface area contributed by atoms with Crippen LogP contribution in [0, 0.1) is 0 Å². The van der Waals surface area contributed by atoms with Crippen LogP contribution < -0.4 is 10.6 Å². The lowest BCUT2D eigenvalue weighted by Crippen LogP contribution is -2.44. The van der Waals surface area contributed by atoms with Crippen LogP contribution >= 0.6 is 0 Å². The minimum Gasteiger partial charge on any atom is -0.444 e. The Morgan fingerprint density at radius 3 is 2.30 bits per heavy atom. The SMILES string of the molecule is CC(O)CCNC1CCC(NC(=O)OC(C)(C)C)CC1. The molecule has 1 aliphatic rings. The van der Waals surface area contributed by atoms with Crippen molar-refractivity contribution < 1.29 is 14.6 Å². The molecule has 0 heterocycles. The van der Waals surface area contributed by atoms with Gasteiger partial charge in [0.25, 0.3) is 0 Å². The molecule has 0 spiro atoms. The van der Waals surface area contributed by atoms with Crippen molar-refractivity contribution in [3.05, 3.63) is 0 Å². The van der Waals surface area contributed by atoms with Crippen LogP contribution in [0.1, 0.15) is 59.8 Å². The maximum absolute atomic E-state index is 11.7. The summed E-state index contributed by atoms with van der Waals surface area (Å²) in [7, 11) is 0. The Morgan fingerprint density at radius 1 is 1.25 bits per heavy atom. The molecule has 0 radical (unpaired) electrons. The summed E-state index contributed by atoms with van der Waals surface area (Å²) in [6.07, 6.45) is 4.30. The van der Waals surface area contributed by atoms with Gasteiger partial charge in [0, 0.05) is 12.1 Å². The van der Waals surface area contributed by atoms with Gasteiger partial charge in [-0.25, -0.2) is 4.79 Å². The van der Waals surface area contributed by atoms with E-state index in [2.05, 4.69) is 10.6 Å². The molecule has 0 aromatic heterocycles. The van der Waals surface area contributed by atoms with Gasteiger partial charge >= 0.3 is 6.09 Å². The Morgan fingerprint density at radius 2 is 1.80 bits per heavy atom. The summed E-state index contributed by atoms with van der Waals surface area (Å²) in [5, 5.41) is 15.6. The van der Waals surface area contributed by atoms with Gasteiger partial charge in [-0.05, 0) is 66.3 Å². The number of carbonyl (C=O) groups is 1. The molecule has 118 valence electrons. The predicted molar refractivity (Wildman–Crippen MR) is 79.7 cm³/mol. The zero-order chi connectivity index (χ0) is 15.2. The van der Waals surface area contributed by atoms with Crippen LogP contribution in [-0.4, -0.2) is 41.5 Å². The summed E-state index contributed by atoms with van der Waals surface area (Å²) in [6, 6.07) is 0.727. The van der Waals surface area contributed by atoms with Gasteiger partial charge in [-0.15, -0.1) is 0 Å². The topological polar surface area (TPSA) is 70.6 Å². The maximum Gasteiger partial charge on any atom is 0.407 e. The Kier molecular flexibility index (Phi) is 6.76. The first-order chi connectivity index (χ1) is 9.26. The molecule has 1 amide bonds. The van der Waals surface area contributed by atoms with Gasteiger partial charge in [-0.2, -0.15) is 0 Å². The number of rotatable bonds is 5. The van der Waals surface area contributed by atoms with Gasteiger partial charge in [-0.3, -0.25) is 0 Å². The molecule has 1 saturated carbocycles. The van der Waals surface area contributed by atoms with E-state index in [1.54, 1.807) is 0 Å². The lowest BCUT2D eigenvalue weighted by Gasteiger charge is -2.30. The zero-order valence-corrected chi connectivity index (χ0v) is 13.2. The van der Waals surface area contributed by atoms with Gasteiger partial charge in [0.2, 0.25) is 0 Å². The highest BCUT2D eigenvalue weighted by Gasteiger charge is 2.24. The maximum atomic E-state index is 11.7. The van der Waals surface area contributed by atoms with Gasteiger partial charge in [-0.1, -0.05) is 0 Å². The van der Waals surface area contributed by atoms with E-state index in [9.17, 15) is 9.90 Å². The molecule has 1 fully saturated rings. The number of carbonyl (C=O) groups excluding carboxylic acids is 1. The quantitative estimate of drug-likeness (QED) is 0.724. The van der Waals surface area contributed by atoms with Crippen molar-refractivity contribution in [2.45, 2.75) is 83.6 Å². The fourth-order valence-corrected chi connectivity index (χ4v) is 2.41. The Balaban J connectivity index is 2.17. The van der Waals surface area contributed by atoms with E-state index in [-0.39, 0.29) is 18.2 Å². The van der Waals surface area contributed by atoms with Crippen molar-refractivity contribution in [3.8, 4) is 0 Å². The van der Waals surface area contributed by atoms with Gasteiger partial charge in [0.1, 0.15) is 5.60 Å². The van der Waals surface area contributed by atoms with Gasteiger partial charge in [0.15, 0.2) is 0 Å². The van der Waals surface area contributed by atoms with E-state index in [0.717, 1.165) is 38.6 Å². The van der Waals surface area contributed by atoms with E-state index in [4.69, 9.17) is 4.74 Å². The number of hydrogen-bond acceptors (Lipinski definition) is 4. The number of hydrogen-bond donors (Lipinski definition) is 3. The Labute approximate surface area is 122 Å². The number of aliphatic hydroxyl groups is 1. The highest BCUT2D eigenvalue weighted by molar-refractivity contribution is 5.68. The predicted octanol–water partition coefficient (Wildman–Crippen LogP) is 2.18. The molecule has 1 rings (SSSR count). The summed E-state index contributed by atoms with van der Waals surface area (Å²) < 4.78 is 5.27. The molecule has 3 N–H and O–H groups in total. The lowest BCUT2D eigenvalue weighted by atomic mass is 9.91. The Bertz CT molecular complexity index is 292. The second-order valence-corrected chi connectivity index (χ2v) is 6.79. The zero-order valence-electron chi connectivity index (χ0n) is 13.2. The molecule has 1 aliphatic carbocycles. The molecular formula is C15H30N2O3. The summed E-state index contributed by atoms with van der Waals surface area (Å²) >= 11 is 0. The molecule has 0 aromatic rings. The largest absolute Gasteiger partial charge is 0.444 e. The van der Waals surface area contributed by atoms with Crippen molar-refractivity contribution in [1.82, 2.24) is 10.6 Å². The first-order valence-corrected chi connectivity index (χ1v) is 7.67. The average molecular weight is 286 g/mol. The second-order valence-electron chi connectivity index (χ2n) is 6.79. The van der Waals surface area contributed by atoms with Crippen LogP contribution in [0.15, 0.2) is 0 Å². The monoisotopic (exact) mass is 286 g/mol. The van der Waals surface area contributed by atoms with Crippen molar-refractivity contribution >= 4 is 6.09 Å². The highest BCUT2D eigenvalue weighted by atomic mass is 16.6. The molecule has 1 atom stereocenters. The fourth-order valence-electron chi connectivity index (χ4n) is 2.41. The lowest BCUT2D eigenvalue weighted by molar-refractivity contribution is 0.0489. The summed E-state index contributed by atoms with van der Waals surface area (Å²) in [4.78, 5) is 11.7. The molecule has 1 unspecified atom stereocenters. The normalized spacial score (nSPS) is 25.1. The number of amides is 1. The number of aliphatic hydroxyl groups excluding tert-OH is 1. The number of alkyl carbamates (subject to hydrolysis) is 1. The smallest absolute Gasteiger partial charge is 0.407 e. The van der Waals surface area contributed by atoms with Crippen LogP contribution in [0.4, 0.5) is 4.79 Å². The summed E-state index contributed by atoms with van der Waals surface area (Å²) in [5.41, 5.74) is -0.441. The van der Waals surface area contributed by atoms with Crippen LogP contribution in [0.2, 0.25) is 0 Å². The van der Waals surface area contributed by atoms with Crippen molar-refractivity contribution in [2.75, 3.05) is 6.54 Å². The second kappa shape index (κ2) is 7.84. The molecule has 0 aliphatic heterocycles. The molecule has 0 bridgehead atoms. The number of nitrogens with one attached hydrogen (secondary N) is 2. The van der Waals surface area contributed by atoms with E-state index < -0.39 is 5.60 Å². The van der Waals surface area contributed by atoms with E-state index in [1.165, 1.54) is 0 Å². The van der Waals surface area contributed by atoms with Crippen LogP contribution in [0.5, 0.6) is 0 Å². The first-order valence-electron chi connectivity index (χ1n) is 7.67. The molecule has 0 saturated heterocycles. The number of ether oxygens (including phenoxy) is 1. The fraction of sp³-hybridized carbons (Fsp3) is 0.933. The van der Waals surface area contributed by atoms with Crippen LogP contribution in [0.25, 0.3) is 0 Å². The van der Waals surface area contributed by atoms with Gasteiger partial charge < -0.3 is 20.5 Å². The standard InChI is InChI=1S/C15H30N2O3/c1-11(18)9-10-16-12-5-7-13(8-6-12)17-14(19)20-15(2,3)4/h11-13,16,18H,5-10H2,1-4H3,(H,17,19). The summed E-state index contributed by atoms with van der Waals surface area (Å²) in [5.74, 6) is 0. The van der Waals surface area contributed by atoms with E-state index in [0.29, 0.717) is 6.04 Å². The molecule has 5 heteroatoms. The highest BCUT2D eigenvalue weighted by Crippen LogP contribution is 2.19. The average Bonchev–Trinajstić information content (AvgIpc) is 2.28. The Hall–Kier alpha value is -0.810. The van der Waals surface area contributed by atoms with E-state index in [1.807, 2.05) is 27.7 Å². The molecule has 20 heavy (non-hydrogen) atoms. The van der Waals surface area contributed by atoms with Crippen LogP contribution in [-0.2, 0) is 4.74 Å². The first kappa shape index (κ1) is 17.2. The van der Waals surface area contributed by atoms with Crippen LogP contribution in [0.3, 0.4) is 0 Å². The minimum absolute atomic E-state index is 0.222. The third-order valence-electron chi connectivity index (χ3n) is 3.44. The van der Waals surface area contributed by atoms with Crippen molar-refractivity contribution in [1.29, 1.82) is 0 Å². The third-order valence-corrected chi connectivity index (χ3v) is 3.44. The molecular weight excluding hydrogens is 256 g/mol. The van der Waals surface area contributed by atoms with Crippen molar-refractivity contribution in [2.24, 2.45) is 0 Å². The van der Waals surface area contributed by atoms with E-state index >= 15 is 0 Å².